The van der Waals surface area contributed by atoms with Gasteiger partial charge in [0, 0.05) is 23.6 Å². The molecule has 1 N–H and O–H groups in total. The minimum absolute atomic E-state index is 0.177. The first-order valence-electron chi connectivity index (χ1n) is 5.34. The zero-order valence-corrected chi connectivity index (χ0v) is 11.8. The highest BCUT2D eigenvalue weighted by Gasteiger charge is 2.03. The standard InChI is InChI=1S/C11H14BrClN2O2/c1-2-17-10(16)4-3-5-14-11-9(13)6-8(12)7-15-11/h6-7H,2-5H2,1H3,(H,14,15). The van der Waals surface area contributed by atoms with Crippen LogP contribution in [0.25, 0.3) is 0 Å². The maximum atomic E-state index is 11.1. The summed E-state index contributed by atoms with van der Waals surface area (Å²) in [5, 5.41) is 3.62. The second kappa shape index (κ2) is 7.50. The van der Waals surface area contributed by atoms with Crippen molar-refractivity contribution in [2.45, 2.75) is 19.8 Å². The van der Waals surface area contributed by atoms with Gasteiger partial charge in [0.25, 0.3) is 0 Å². The fourth-order valence-electron chi connectivity index (χ4n) is 1.22. The summed E-state index contributed by atoms with van der Waals surface area (Å²) in [6, 6.07) is 1.77. The van der Waals surface area contributed by atoms with E-state index in [1.807, 2.05) is 0 Å². The molecule has 0 unspecified atom stereocenters. The molecule has 0 aliphatic carbocycles. The van der Waals surface area contributed by atoms with Gasteiger partial charge in [0.15, 0.2) is 0 Å². The SMILES string of the molecule is CCOC(=O)CCCNc1ncc(Br)cc1Cl. The molecule has 0 aliphatic rings. The molecule has 1 aromatic rings. The van der Waals surface area contributed by atoms with E-state index in [4.69, 9.17) is 16.3 Å². The predicted molar refractivity (Wildman–Crippen MR) is 71.3 cm³/mol. The number of ether oxygens (including phenoxy) is 1. The van der Waals surface area contributed by atoms with E-state index in [-0.39, 0.29) is 5.97 Å². The normalized spacial score (nSPS) is 10.1. The lowest BCUT2D eigenvalue weighted by molar-refractivity contribution is -0.143. The molecule has 1 rings (SSSR count). The van der Waals surface area contributed by atoms with Crippen molar-refractivity contribution in [3.05, 3.63) is 21.8 Å². The molecule has 0 saturated carbocycles. The third-order valence-corrected chi connectivity index (χ3v) is 2.69. The third kappa shape index (κ3) is 5.37. The van der Waals surface area contributed by atoms with E-state index < -0.39 is 0 Å². The molecule has 0 spiro atoms. The van der Waals surface area contributed by atoms with Crippen LogP contribution in [0.4, 0.5) is 5.82 Å². The molecule has 0 bridgehead atoms. The Bertz CT molecular complexity index is 388. The minimum Gasteiger partial charge on any atom is -0.466 e. The van der Waals surface area contributed by atoms with Gasteiger partial charge in [-0.15, -0.1) is 0 Å². The monoisotopic (exact) mass is 320 g/mol. The van der Waals surface area contributed by atoms with E-state index in [2.05, 4.69) is 26.2 Å². The molecule has 4 nitrogen and oxygen atoms in total. The number of pyridine rings is 1. The summed E-state index contributed by atoms with van der Waals surface area (Å²) in [6.07, 6.45) is 2.75. The van der Waals surface area contributed by atoms with Crippen LogP contribution in [0, 0.1) is 0 Å². The topological polar surface area (TPSA) is 51.2 Å². The minimum atomic E-state index is -0.177. The quantitative estimate of drug-likeness (QED) is 0.645. The van der Waals surface area contributed by atoms with Gasteiger partial charge in [-0.2, -0.15) is 0 Å². The fourth-order valence-corrected chi connectivity index (χ4v) is 1.91. The number of carbonyl (C=O) groups excluding carboxylic acids is 1. The summed E-state index contributed by atoms with van der Waals surface area (Å²) in [4.78, 5) is 15.2. The molecule has 0 aliphatic heterocycles. The number of rotatable bonds is 6. The van der Waals surface area contributed by atoms with Crippen LogP contribution in [-0.4, -0.2) is 24.1 Å². The Morgan fingerprint density at radius 3 is 3.06 bits per heavy atom. The third-order valence-electron chi connectivity index (χ3n) is 1.96. The summed E-state index contributed by atoms with van der Waals surface area (Å²) in [7, 11) is 0. The van der Waals surface area contributed by atoms with Crippen LogP contribution in [0.1, 0.15) is 19.8 Å². The predicted octanol–water partition coefficient (Wildman–Crippen LogP) is 3.25. The summed E-state index contributed by atoms with van der Waals surface area (Å²) in [5.74, 6) is 0.447. The molecular formula is C11H14BrClN2O2. The van der Waals surface area contributed by atoms with Gasteiger partial charge in [-0.1, -0.05) is 11.6 Å². The van der Waals surface area contributed by atoms with Crippen molar-refractivity contribution in [2.75, 3.05) is 18.5 Å². The van der Waals surface area contributed by atoms with Crippen LogP contribution in [0.3, 0.4) is 0 Å². The summed E-state index contributed by atoms with van der Waals surface area (Å²) >= 11 is 9.25. The molecule has 17 heavy (non-hydrogen) atoms. The van der Waals surface area contributed by atoms with Crippen molar-refractivity contribution in [1.29, 1.82) is 0 Å². The van der Waals surface area contributed by atoms with Gasteiger partial charge >= 0.3 is 5.97 Å². The van der Waals surface area contributed by atoms with E-state index >= 15 is 0 Å². The van der Waals surface area contributed by atoms with Crippen molar-refractivity contribution in [2.24, 2.45) is 0 Å². The Balaban J connectivity index is 2.29. The average molecular weight is 322 g/mol. The molecule has 0 atom stereocenters. The Labute approximate surface area is 114 Å². The molecule has 1 aromatic heterocycles. The van der Waals surface area contributed by atoms with Crippen LogP contribution >= 0.6 is 27.5 Å². The van der Waals surface area contributed by atoms with Gasteiger partial charge in [0.1, 0.15) is 5.82 Å². The van der Waals surface area contributed by atoms with E-state index in [1.165, 1.54) is 0 Å². The highest BCUT2D eigenvalue weighted by atomic mass is 79.9. The average Bonchev–Trinajstić information content (AvgIpc) is 2.27. The molecule has 0 fully saturated rings. The van der Waals surface area contributed by atoms with Crippen LogP contribution in [0.5, 0.6) is 0 Å². The largest absolute Gasteiger partial charge is 0.466 e. The summed E-state index contributed by atoms with van der Waals surface area (Å²) < 4.78 is 5.65. The van der Waals surface area contributed by atoms with Crippen LogP contribution in [0.15, 0.2) is 16.7 Å². The van der Waals surface area contributed by atoms with E-state index in [0.29, 0.717) is 36.8 Å². The molecule has 0 saturated heterocycles. The van der Waals surface area contributed by atoms with Crippen LogP contribution in [-0.2, 0) is 9.53 Å². The molecule has 6 heteroatoms. The van der Waals surface area contributed by atoms with Gasteiger partial charge < -0.3 is 10.1 Å². The Kier molecular flexibility index (Phi) is 6.29. The zero-order valence-electron chi connectivity index (χ0n) is 9.50. The Hall–Kier alpha value is -0.810. The van der Waals surface area contributed by atoms with Crippen molar-refractivity contribution >= 4 is 39.3 Å². The second-order valence-corrected chi connectivity index (χ2v) is 4.64. The first-order chi connectivity index (χ1) is 8.13. The van der Waals surface area contributed by atoms with Crippen molar-refractivity contribution in [3.63, 3.8) is 0 Å². The number of aromatic nitrogens is 1. The molecule has 1 heterocycles. The number of nitrogens with one attached hydrogen (secondary N) is 1. The number of carbonyl (C=O) groups is 1. The number of anilines is 1. The molecule has 0 aromatic carbocycles. The number of esters is 1. The molecular weight excluding hydrogens is 307 g/mol. The van der Waals surface area contributed by atoms with Crippen molar-refractivity contribution < 1.29 is 9.53 Å². The lowest BCUT2D eigenvalue weighted by Gasteiger charge is -2.07. The maximum Gasteiger partial charge on any atom is 0.305 e. The van der Waals surface area contributed by atoms with Crippen molar-refractivity contribution in [3.8, 4) is 0 Å². The fraction of sp³-hybridized carbons (Fsp3) is 0.455. The van der Waals surface area contributed by atoms with Gasteiger partial charge in [0.2, 0.25) is 0 Å². The van der Waals surface area contributed by atoms with Crippen LogP contribution < -0.4 is 5.32 Å². The number of nitrogens with zero attached hydrogens (tertiary/aromatic N) is 1. The number of hydrogen-bond donors (Lipinski definition) is 1. The van der Waals surface area contributed by atoms with Gasteiger partial charge in [-0.05, 0) is 35.3 Å². The van der Waals surface area contributed by atoms with Crippen molar-refractivity contribution in [1.82, 2.24) is 4.98 Å². The van der Waals surface area contributed by atoms with Gasteiger partial charge in [-0.25, -0.2) is 4.98 Å². The first kappa shape index (κ1) is 14.3. The Morgan fingerprint density at radius 2 is 2.41 bits per heavy atom. The zero-order chi connectivity index (χ0) is 12.7. The number of hydrogen-bond acceptors (Lipinski definition) is 4. The molecule has 0 radical (unpaired) electrons. The highest BCUT2D eigenvalue weighted by molar-refractivity contribution is 9.10. The summed E-state index contributed by atoms with van der Waals surface area (Å²) in [5.41, 5.74) is 0. The number of halogens is 2. The molecule has 94 valence electrons. The van der Waals surface area contributed by atoms with Crippen LogP contribution in [0.2, 0.25) is 5.02 Å². The van der Waals surface area contributed by atoms with Gasteiger partial charge in [-0.3, -0.25) is 4.79 Å². The second-order valence-electron chi connectivity index (χ2n) is 3.32. The molecule has 0 amide bonds. The highest BCUT2D eigenvalue weighted by Crippen LogP contribution is 2.22. The summed E-state index contributed by atoms with van der Waals surface area (Å²) in [6.45, 7) is 2.85. The lowest BCUT2D eigenvalue weighted by Crippen LogP contribution is -2.09. The smallest absolute Gasteiger partial charge is 0.305 e. The van der Waals surface area contributed by atoms with E-state index in [1.54, 1.807) is 19.2 Å². The van der Waals surface area contributed by atoms with Gasteiger partial charge in [0.05, 0.1) is 11.6 Å². The van der Waals surface area contributed by atoms with E-state index in [0.717, 1.165) is 4.47 Å². The van der Waals surface area contributed by atoms with E-state index in [9.17, 15) is 4.79 Å². The lowest BCUT2D eigenvalue weighted by atomic mass is 10.3. The maximum absolute atomic E-state index is 11.1. The Morgan fingerprint density at radius 1 is 1.65 bits per heavy atom. The first-order valence-corrected chi connectivity index (χ1v) is 6.51.